The van der Waals surface area contributed by atoms with Crippen molar-refractivity contribution >= 4 is 17.0 Å². The van der Waals surface area contributed by atoms with Gasteiger partial charge in [-0.15, -0.1) is 0 Å². The molecule has 0 spiro atoms. The van der Waals surface area contributed by atoms with Crippen LogP contribution < -0.4 is 10.9 Å². The van der Waals surface area contributed by atoms with E-state index in [1.165, 1.54) is 19.3 Å². The molecule has 0 aliphatic carbocycles. The smallest absolute Gasteiger partial charge is 0.163 e. The van der Waals surface area contributed by atoms with Gasteiger partial charge in [0, 0.05) is 17.4 Å². The fourth-order valence-corrected chi connectivity index (χ4v) is 3.08. The molecule has 6 heteroatoms. The standard InChI is InChI=1S/C19H22N6/c1-2-3-4-7-15-12-20-19-17(23-15)9-10-25(19)16-8-5-6-14(11-16)18-21-13-22-24-18/h5-6,8-12,22H,2-4,7,13H2,1H3,(H,21,24). The molecule has 0 fully saturated rings. The first-order valence-corrected chi connectivity index (χ1v) is 8.82. The number of hydrazine groups is 1. The van der Waals surface area contributed by atoms with Gasteiger partial charge in [-0.2, -0.15) is 0 Å². The third kappa shape index (κ3) is 3.25. The topological polar surface area (TPSA) is 67.1 Å². The second-order valence-corrected chi connectivity index (χ2v) is 6.23. The van der Waals surface area contributed by atoms with Crippen LogP contribution in [0.25, 0.3) is 16.9 Å². The number of amidine groups is 1. The van der Waals surface area contributed by atoms with Crippen LogP contribution in [-0.2, 0) is 6.42 Å². The van der Waals surface area contributed by atoms with Crippen molar-refractivity contribution < 1.29 is 0 Å². The van der Waals surface area contributed by atoms with Crippen molar-refractivity contribution in [2.24, 2.45) is 4.99 Å². The Hall–Kier alpha value is -2.73. The first-order chi connectivity index (χ1) is 12.3. The Morgan fingerprint density at radius 2 is 2.16 bits per heavy atom. The number of unbranched alkanes of at least 4 members (excludes halogenated alkanes) is 2. The van der Waals surface area contributed by atoms with E-state index >= 15 is 0 Å². The minimum Gasteiger partial charge on any atom is -0.304 e. The van der Waals surface area contributed by atoms with Gasteiger partial charge in [0.2, 0.25) is 0 Å². The molecular formula is C19H22N6. The molecule has 0 unspecified atom stereocenters. The molecule has 1 aromatic carbocycles. The maximum Gasteiger partial charge on any atom is 0.163 e. The van der Waals surface area contributed by atoms with E-state index in [2.05, 4.69) is 44.5 Å². The number of nitrogens with one attached hydrogen (secondary N) is 2. The van der Waals surface area contributed by atoms with E-state index in [0.717, 1.165) is 40.4 Å². The number of aryl methyl sites for hydroxylation is 1. The van der Waals surface area contributed by atoms with E-state index in [-0.39, 0.29) is 0 Å². The van der Waals surface area contributed by atoms with E-state index in [0.29, 0.717) is 6.67 Å². The summed E-state index contributed by atoms with van der Waals surface area (Å²) in [5.74, 6) is 0.864. The van der Waals surface area contributed by atoms with Gasteiger partial charge in [0.25, 0.3) is 0 Å². The third-order valence-electron chi connectivity index (χ3n) is 4.40. The Bertz CT molecular complexity index is 911. The molecular weight excluding hydrogens is 312 g/mol. The van der Waals surface area contributed by atoms with Crippen LogP contribution in [0.3, 0.4) is 0 Å². The van der Waals surface area contributed by atoms with Gasteiger partial charge in [0.05, 0.1) is 11.9 Å². The average molecular weight is 334 g/mol. The molecule has 6 nitrogen and oxygen atoms in total. The number of rotatable bonds is 6. The predicted octanol–water partition coefficient (Wildman–Crippen LogP) is 2.97. The van der Waals surface area contributed by atoms with Crippen molar-refractivity contribution in [2.45, 2.75) is 32.6 Å². The van der Waals surface area contributed by atoms with Crippen molar-refractivity contribution in [3.63, 3.8) is 0 Å². The second-order valence-electron chi connectivity index (χ2n) is 6.23. The summed E-state index contributed by atoms with van der Waals surface area (Å²) in [4.78, 5) is 13.8. The minimum absolute atomic E-state index is 0.596. The Balaban J connectivity index is 1.64. The number of nitrogens with zero attached hydrogens (tertiary/aromatic N) is 4. The molecule has 0 radical (unpaired) electrons. The Kier molecular flexibility index (Phi) is 4.43. The maximum absolute atomic E-state index is 4.76. The monoisotopic (exact) mass is 334 g/mol. The van der Waals surface area contributed by atoms with E-state index in [9.17, 15) is 0 Å². The maximum atomic E-state index is 4.76. The zero-order valence-corrected chi connectivity index (χ0v) is 14.4. The van der Waals surface area contributed by atoms with Crippen molar-refractivity contribution in [3.05, 3.63) is 54.0 Å². The summed E-state index contributed by atoms with van der Waals surface area (Å²) in [6.07, 6.45) is 8.56. The molecule has 0 amide bonds. The summed E-state index contributed by atoms with van der Waals surface area (Å²) in [5, 5.41) is 0. The van der Waals surface area contributed by atoms with Crippen molar-refractivity contribution in [2.75, 3.05) is 6.67 Å². The minimum atomic E-state index is 0.596. The Morgan fingerprint density at radius 3 is 3.00 bits per heavy atom. The lowest BCUT2D eigenvalue weighted by Gasteiger charge is -2.08. The van der Waals surface area contributed by atoms with Gasteiger partial charge < -0.3 is 5.43 Å². The third-order valence-corrected chi connectivity index (χ3v) is 4.40. The number of aromatic nitrogens is 3. The molecule has 25 heavy (non-hydrogen) atoms. The molecule has 2 N–H and O–H groups in total. The van der Waals surface area contributed by atoms with Crippen molar-refractivity contribution in [1.82, 2.24) is 25.4 Å². The molecule has 2 aromatic heterocycles. The summed E-state index contributed by atoms with van der Waals surface area (Å²) >= 11 is 0. The van der Waals surface area contributed by atoms with Gasteiger partial charge in [-0.3, -0.25) is 4.57 Å². The summed E-state index contributed by atoms with van der Waals surface area (Å²) < 4.78 is 2.07. The van der Waals surface area contributed by atoms with Crippen LogP contribution >= 0.6 is 0 Å². The van der Waals surface area contributed by atoms with Gasteiger partial charge >= 0.3 is 0 Å². The fraction of sp³-hybridized carbons (Fsp3) is 0.316. The normalized spacial score (nSPS) is 13.9. The van der Waals surface area contributed by atoms with Gasteiger partial charge in [0.1, 0.15) is 18.0 Å². The van der Waals surface area contributed by atoms with Crippen LogP contribution in [0.5, 0.6) is 0 Å². The summed E-state index contributed by atoms with van der Waals surface area (Å²) in [6.45, 7) is 2.81. The molecule has 0 saturated carbocycles. The lowest BCUT2D eigenvalue weighted by Crippen LogP contribution is -2.30. The first-order valence-electron chi connectivity index (χ1n) is 8.82. The van der Waals surface area contributed by atoms with Crippen LogP contribution in [0.2, 0.25) is 0 Å². The quantitative estimate of drug-likeness (QED) is 0.680. The van der Waals surface area contributed by atoms with Crippen LogP contribution in [0.4, 0.5) is 0 Å². The zero-order valence-electron chi connectivity index (χ0n) is 14.4. The second kappa shape index (κ2) is 7.03. The van der Waals surface area contributed by atoms with Crippen LogP contribution in [-0.4, -0.2) is 27.0 Å². The highest BCUT2D eigenvalue weighted by Gasteiger charge is 2.11. The van der Waals surface area contributed by atoms with Crippen LogP contribution in [0, 0.1) is 0 Å². The number of hydrogen-bond acceptors (Lipinski definition) is 5. The van der Waals surface area contributed by atoms with Crippen LogP contribution in [0.15, 0.2) is 47.7 Å². The molecule has 1 aliphatic rings. The van der Waals surface area contributed by atoms with E-state index in [1.54, 1.807) is 0 Å². The Labute approximate surface area is 147 Å². The number of fused-ring (bicyclic) bond motifs is 1. The molecule has 0 saturated heterocycles. The van der Waals surface area contributed by atoms with E-state index in [1.807, 2.05) is 30.6 Å². The highest BCUT2D eigenvalue weighted by molar-refractivity contribution is 5.99. The molecule has 3 aromatic rings. The first kappa shape index (κ1) is 15.8. The summed E-state index contributed by atoms with van der Waals surface area (Å²) in [7, 11) is 0. The molecule has 0 bridgehead atoms. The van der Waals surface area contributed by atoms with Crippen LogP contribution in [0.1, 0.15) is 37.4 Å². The largest absolute Gasteiger partial charge is 0.304 e. The van der Waals surface area contributed by atoms with E-state index in [4.69, 9.17) is 4.98 Å². The number of aliphatic imine (C=N–C) groups is 1. The lowest BCUT2D eigenvalue weighted by atomic mass is 10.1. The van der Waals surface area contributed by atoms with Gasteiger partial charge in [-0.25, -0.2) is 20.4 Å². The van der Waals surface area contributed by atoms with E-state index < -0.39 is 0 Å². The molecule has 128 valence electrons. The van der Waals surface area contributed by atoms with Crippen molar-refractivity contribution in [1.29, 1.82) is 0 Å². The molecule has 0 atom stereocenters. The average Bonchev–Trinajstić information content (AvgIpc) is 3.32. The number of benzene rings is 1. The fourth-order valence-electron chi connectivity index (χ4n) is 3.08. The van der Waals surface area contributed by atoms with Gasteiger partial charge in [-0.1, -0.05) is 31.9 Å². The summed E-state index contributed by atoms with van der Waals surface area (Å²) in [6, 6.07) is 10.3. The molecule has 4 rings (SSSR count). The summed E-state index contributed by atoms with van der Waals surface area (Å²) in [5.41, 5.74) is 11.1. The highest BCUT2D eigenvalue weighted by atomic mass is 15.5. The SMILES string of the molecule is CCCCCc1cnc2c(ccn2-c2cccc(C3=NCNN3)c2)n1. The molecule has 1 aliphatic heterocycles. The van der Waals surface area contributed by atoms with Crippen molar-refractivity contribution in [3.8, 4) is 5.69 Å². The van der Waals surface area contributed by atoms with Gasteiger partial charge in [-0.05, 0) is 31.0 Å². The zero-order chi connectivity index (χ0) is 17.1. The predicted molar refractivity (Wildman–Crippen MR) is 99.8 cm³/mol. The highest BCUT2D eigenvalue weighted by Crippen LogP contribution is 2.19. The Morgan fingerprint density at radius 1 is 1.20 bits per heavy atom. The molecule has 3 heterocycles. The lowest BCUT2D eigenvalue weighted by molar-refractivity contribution is 0.707. The van der Waals surface area contributed by atoms with Gasteiger partial charge in [0.15, 0.2) is 5.65 Å². The number of hydrogen-bond donors (Lipinski definition) is 2.